The first kappa shape index (κ1) is 13.4. The van der Waals surface area contributed by atoms with Crippen molar-refractivity contribution in [3.05, 3.63) is 0 Å². The molecule has 100 valence electrons. The Hall–Kier alpha value is -0.0800. The van der Waals surface area contributed by atoms with Crippen molar-refractivity contribution in [1.29, 1.82) is 0 Å². The molecule has 2 aliphatic rings. The van der Waals surface area contributed by atoms with Gasteiger partial charge in [-0.25, -0.2) is 0 Å². The van der Waals surface area contributed by atoms with Gasteiger partial charge in [-0.1, -0.05) is 13.8 Å². The van der Waals surface area contributed by atoms with Gasteiger partial charge in [0, 0.05) is 18.6 Å². The molecule has 2 rings (SSSR count). The lowest BCUT2D eigenvalue weighted by Crippen LogP contribution is -2.41. The van der Waals surface area contributed by atoms with Crippen molar-refractivity contribution in [1.82, 2.24) is 10.2 Å². The smallest absolute Gasteiger partial charge is 0.00927 e. The van der Waals surface area contributed by atoms with Crippen molar-refractivity contribution in [3.63, 3.8) is 0 Å². The predicted octanol–water partition coefficient (Wildman–Crippen LogP) is 2.89. The molecule has 2 unspecified atom stereocenters. The molecular formula is C15H30N2. The summed E-state index contributed by atoms with van der Waals surface area (Å²) in [6, 6.07) is 1.56. The highest BCUT2D eigenvalue weighted by Gasteiger charge is 2.31. The molecule has 0 spiro atoms. The van der Waals surface area contributed by atoms with E-state index in [0.717, 1.165) is 18.0 Å². The van der Waals surface area contributed by atoms with Crippen LogP contribution in [0, 0.1) is 11.3 Å². The molecule has 2 heteroatoms. The summed E-state index contributed by atoms with van der Waals surface area (Å²) in [4.78, 5) is 2.64. The largest absolute Gasteiger partial charge is 0.314 e. The molecule has 0 aromatic heterocycles. The molecule has 1 aliphatic carbocycles. The lowest BCUT2D eigenvalue weighted by Gasteiger charge is -2.39. The van der Waals surface area contributed by atoms with E-state index < -0.39 is 0 Å². The number of rotatable bonds is 3. The normalized spacial score (nSPS) is 34.4. The summed E-state index contributed by atoms with van der Waals surface area (Å²) in [5.41, 5.74) is 0.597. The minimum absolute atomic E-state index is 0.597. The van der Waals surface area contributed by atoms with Gasteiger partial charge in [-0.3, -0.25) is 0 Å². The zero-order valence-corrected chi connectivity index (χ0v) is 12.1. The molecule has 0 amide bonds. The van der Waals surface area contributed by atoms with E-state index >= 15 is 0 Å². The Morgan fingerprint density at radius 1 is 1.18 bits per heavy atom. The fourth-order valence-electron chi connectivity index (χ4n) is 3.51. The summed E-state index contributed by atoms with van der Waals surface area (Å²) in [5, 5.41) is 3.56. The zero-order valence-electron chi connectivity index (χ0n) is 12.1. The van der Waals surface area contributed by atoms with E-state index in [4.69, 9.17) is 0 Å². The third-order valence-electron chi connectivity index (χ3n) is 5.14. The standard InChI is InChI=1S/C15H30N2/c1-12-13(7-10-16-12)11-17(4)14-5-8-15(2,3)9-6-14/h12-14,16H,5-11H2,1-4H3. The summed E-state index contributed by atoms with van der Waals surface area (Å²) in [6.07, 6.45) is 6.97. The molecule has 0 bridgehead atoms. The highest BCUT2D eigenvalue weighted by molar-refractivity contribution is 4.87. The summed E-state index contributed by atoms with van der Waals surface area (Å²) < 4.78 is 0. The fraction of sp³-hybridized carbons (Fsp3) is 1.00. The van der Waals surface area contributed by atoms with E-state index in [1.807, 2.05) is 0 Å². The lowest BCUT2D eigenvalue weighted by molar-refractivity contribution is 0.113. The van der Waals surface area contributed by atoms with Gasteiger partial charge in [-0.05, 0) is 64.0 Å². The molecule has 1 saturated carbocycles. The Balaban J connectivity index is 1.78. The van der Waals surface area contributed by atoms with E-state index in [2.05, 4.69) is 38.0 Å². The summed E-state index contributed by atoms with van der Waals surface area (Å²) in [6.45, 7) is 9.70. The molecule has 0 aromatic rings. The van der Waals surface area contributed by atoms with E-state index in [1.165, 1.54) is 45.2 Å². The molecule has 0 radical (unpaired) electrons. The van der Waals surface area contributed by atoms with E-state index in [0.29, 0.717) is 5.41 Å². The first-order valence-corrected chi connectivity index (χ1v) is 7.41. The van der Waals surface area contributed by atoms with Gasteiger partial charge in [0.05, 0.1) is 0 Å². The van der Waals surface area contributed by atoms with E-state index in [9.17, 15) is 0 Å². The van der Waals surface area contributed by atoms with Crippen LogP contribution in [0.5, 0.6) is 0 Å². The van der Waals surface area contributed by atoms with Gasteiger partial charge in [0.2, 0.25) is 0 Å². The van der Waals surface area contributed by atoms with Crippen LogP contribution in [0.25, 0.3) is 0 Å². The minimum Gasteiger partial charge on any atom is -0.314 e. The second-order valence-electron chi connectivity index (χ2n) is 7.13. The molecule has 0 aromatic carbocycles. The molecule has 2 nitrogen and oxygen atoms in total. The molecule has 1 N–H and O–H groups in total. The SMILES string of the molecule is CC1NCCC1CN(C)C1CCC(C)(C)CC1. The molecule has 1 heterocycles. The maximum Gasteiger partial charge on any atom is 0.00927 e. The van der Waals surface area contributed by atoms with Gasteiger partial charge in [-0.2, -0.15) is 0 Å². The first-order chi connectivity index (χ1) is 7.98. The van der Waals surface area contributed by atoms with E-state index in [1.54, 1.807) is 0 Å². The van der Waals surface area contributed by atoms with Crippen LogP contribution in [-0.4, -0.2) is 37.1 Å². The first-order valence-electron chi connectivity index (χ1n) is 7.41. The molecular weight excluding hydrogens is 208 g/mol. The monoisotopic (exact) mass is 238 g/mol. The van der Waals surface area contributed by atoms with Crippen LogP contribution in [0.15, 0.2) is 0 Å². The molecule has 1 aliphatic heterocycles. The summed E-state index contributed by atoms with van der Waals surface area (Å²) in [7, 11) is 2.34. The van der Waals surface area contributed by atoms with Crippen LogP contribution in [-0.2, 0) is 0 Å². The van der Waals surface area contributed by atoms with Crippen LogP contribution in [0.1, 0.15) is 52.9 Å². The van der Waals surface area contributed by atoms with Gasteiger partial charge in [0.1, 0.15) is 0 Å². The quantitative estimate of drug-likeness (QED) is 0.813. The number of hydrogen-bond acceptors (Lipinski definition) is 2. The van der Waals surface area contributed by atoms with Crippen molar-refractivity contribution >= 4 is 0 Å². The number of nitrogens with zero attached hydrogens (tertiary/aromatic N) is 1. The summed E-state index contributed by atoms with van der Waals surface area (Å²) in [5.74, 6) is 0.870. The Labute approximate surface area is 107 Å². The second kappa shape index (κ2) is 5.27. The lowest BCUT2D eigenvalue weighted by atomic mass is 9.75. The van der Waals surface area contributed by atoms with Crippen LogP contribution >= 0.6 is 0 Å². The number of hydrogen-bond donors (Lipinski definition) is 1. The van der Waals surface area contributed by atoms with Crippen molar-refractivity contribution in [2.45, 2.75) is 65.0 Å². The van der Waals surface area contributed by atoms with Crippen LogP contribution in [0.3, 0.4) is 0 Å². The average molecular weight is 238 g/mol. The fourth-order valence-corrected chi connectivity index (χ4v) is 3.51. The number of nitrogens with one attached hydrogen (secondary N) is 1. The van der Waals surface area contributed by atoms with Gasteiger partial charge in [0.25, 0.3) is 0 Å². The van der Waals surface area contributed by atoms with Crippen molar-refractivity contribution in [2.75, 3.05) is 20.1 Å². The topological polar surface area (TPSA) is 15.3 Å². The molecule has 1 saturated heterocycles. The highest BCUT2D eigenvalue weighted by Crippen LogP contribution is 2.36. The third kappa shape index (κ3) is 3.45. The molecule has 2 fully saturated rings. The Morgan fingerprint density at radius 2 is 1.82 bits per heavy atom. The Morgan fingerprint density at radius 3 is 2.35 bits per heavy atom. The van der Waals surface area contributed by atoms with Crippen LogP contribution in [0.4, 0.5) is 0 Å². The van der Waals surface area contributed by atoms with Gasteiger partial charge in [-0.15, -0.1) is 0 Å². The van der Waals surface area contributed by atoms with E-state index in [-0.39, 0.29) is 0 Å². The second-order valence-corrected chi connectivity index (χ2v) is 7.13. The average Bonchev–Trinajstić information content (AvgIpc) is 2.64. The highest BCUT2D eigenvalue weighted by atomic mass is 15.1. The Bertz CT molecular complexity index is 239. The van der Waals surface area contributed by atoms with Gasteiger partial charge in [0.15, 0.2) is 0 Å². The maximum atomic E-state index is 3.56. The molecule has 17 heavy (non-hydrogen) atoms. The zero-order chi connectivity index (χ0) is 12.5. The van der Waals surface area contributed by atoms with Crippen molar-refractivity contribution in [2.24, 2.45) is 11.3 Å². The summed E-state index contributed by atoms with van der Waals surface area (Å²) >= 11 is 0. The van der Waals surface area contributed by atoms with Crippen molar-refractivity contribution < 1.29 is 0 Å². The van der Waals surface area contributed by atoms with Gasteiger partial charge >= 0.3 is 0 Å². The third-order valence-corrected chi connectivity index (χ3v) is 5.14. The van der Waals surface area contributed by atoms with Crippen molar-refractivity contribution in [3.8, 4) is 0 Å². The Kier molecular flexibility index (Phi) is 4.14. The van der Waals surface area contributed by atoms with Gasteiger partial charge < -0.3 is 10.2 Å². The van der Waals surface area contributed by atoms with Crippen LogP contribution < -0.4 is 5.32 Å². The van der Waals surface area contributed by atoms with Crippen LogP contribution in [0.2, 0.25) is 0 Å². The minimum atomic E-state index is 0.597. The predicted molar refractivity (Wildman–Crippen MR) is 74.2 cm³/mol. The molecule has 2 atom stereocenters. The maximum absolute atomic E-state index is 3.56.